The van der Waals surface area contributed by atoms with Crippen LogP contribution in [0.4, 0.5) is 5.82 Å². The molecule has 0 radical (unpaired) electrons. The highest BCUT2D eigenvalue weighted by molar-refractivity contribution is 5.92. The van der Waals surface area contributed by atoms with E-state index in [1.165, 1.54) is 23.3 Å². The van der Waals surface area contributed by atoms with Crippen molar-refractivity contribution in [1.29, 1.82) is 0 Å². The number of nitrogens with one attached hydrogen (secondary N) is 1. The Morgan fingerprint density at radius 3 is 2.73 bits per heavy atom. The number of benzene rings is 1. The standard InChI is InChI=1S/C19H20N6O5/c20-17-14-18(22-9-21-17)25(10-23-14)19(16(29)15(28)12(8-26)30-19)24-13(27)7-6-11-4-2-1-3-5-11/h1-7,9-10,12,15-16,26,28-29H,8H2,(H,24,27)(H2,20,21,22)/t12-,15-,16-,19+/m1/s1. The second-order valence-electron chi connectivity index (χ2n) is 6.75. The Bertz CT molecular complexity index is 1090. The number of amides is 1. The average Bonchev–Trinajstić information content (AvgIpc) is 3.30. The van der Waals surface area contributed by atoms with Gasteiger partial charge >= 0.3 is 0 Å². The van der Waals surface area contributed by atoms with Crippen molar-refractivity contribution in [3.05, 3.63) is 54.6 Å². The molecular weight excluding hydrogens is 392 g/mol. The average molecular weight is 412 g/mol. The topological polar surface area (TPSA) is 169 Å². The molecule has 156 valence electrons. The summed E-state index contributed by atoms with van der Waals surface area (Å²) in [7, 11) is 0. The van der Waals surface area contributed by atoms with E-state index in [1.54, 1.807) is 6.08 Å². The lowest BCUT2D eigenvalue weighted by Gasteiger charge is -2.33. The summed E-state index contributed by atoms with van der Waals surface area (Å²) in [5.74, 6) is -2.51. The lowest BCUT2D eigenvalue weighted by atomic mass is 10.1. The van der Waals surface area contributed by atoms with Gasteiger partial charge in [-0.25, -0.2) is 15.0 Å². The molecule has 4 atom stereocenters. The van der Waals surface area contributed by atoms with Gasteiger partial charge in [-0.15, -0.1) is 0 Å². The second kappa shape index (κ2) is 7.80. The van der Waals surface area contributed by atoms with Crippen molar-refractivity contribution >= 4 is 29.0 Å². The zero-order chi connectivity index (χ0) is 21.3. The van der Waals surface area contributed by atoms with Crippen LogP contribution in [0.15, 0.2) is 49.1 Å². The Morgan fingerprint density at radius 2 is 2.03 bits per heavy atom. The number of hydrogen-bond donors (Lipinski definition) is 5. The molecule has 30 heavy (non-hydrogen) atoms. The fraction of sp³-hybridized carbons (Fsp3) is 0.263. The van der Waals surface area contributed by atoms with Gasteiger partial charge < -0.3 is 31.1 Å². The molecule has 0 aliphatic carbocycles. The fourth-order valence-electron chi connectivity index (χ4n) is 3.36. The SMILES string of the molecule is Nc1ncnc2c1ncn2[C@]1(NC(=O)C=Cc2ccccc2)O[C@H](CO)[C@@H](O)[C@H]1O. The van der Waals surface area contributed by atoms with Gasteiger partial charge in [0.15, 0.2) is 17.6 Å². The van der Waals surface area contributed by atoms with Crippen molar-refractivity contribution < 1.29 is 24.9 Å². The van der Waals surface area contributed by atoms with Gasteiger partial charge in [-0.05, 0) is 11.6 Å². The van der Waals surface area contributed by atoms with E-state index in [1.807, 2.05) is 30.3 Å². The van der Waals surface area contributed by atoms with E-state index in [-0.39, 0.29) is 17.0 Å². The minimum Gasteiger partial charge on any atom is -0.394 e. The molecular formula is C19H20N6O5. The molecule has 1 aliphatic rings. The highest BCUT2D eigenvalue weighted by atomic mass is 16.6. The van der Waals surface area contributed by atoms with Crippen molar-refractivity contribution in [3.8, 4) is 0 Å². The quantitative estimate of drug-likeness (QED) is 0.329. The third-order valence-corrected chi connectivity index (χ3v) is 4.86. The lowest BCUT2D eigenvalue weighted by molar-refractivity contribution is -0.174. The van der Waals surface area contributed by atoms with E-state index in [9.17, 15) is 20.1 Å². The van der Waals surface area contributed by atoms with Gasteiger partial charge in [0.1, 0.15) is 30.4 Å². The van der Waals surface area contributed by atoms with Gasteiger partial charge in [-0.2, -0.15) is 0 Å². The first kappa shape index (κ1) is 19.9. The van der Waals surface area contributed by atoms with Crippen LogP contribution in [0.25, 0.3) is 17.2 Å². The summed E-state index contributed by atoms with van der Waals surface area (Å²) in [6, 6.07) is 9.13. The van der Waals surface area contributed by atoms with Crippen molar-refractivity contribution in [2.75, 3.05) is 12.3 Å². The molecule has 0 unspecified atom stereocenters. The molecule has 0 bridgehead atoms. The molecule has 1 amide bonds. The second-order valence-corrected chi connectivity index (χ2v) is 6.75. The van der Waals surface area contributed by atoms with Gasteiger partial charge in [0.2, 0.25) is 5.91 Å². The van der Waals surface area contributed by atoms with Crippen LogP contribution in [0.3, 0.4) is 0 Å². The van der Waals surface area contributed by atoms with Gasteiger partial charge in [-0.3, -0.25) is 9.36 Å². The van der Waals surface area contributed by atoms with E-state index >= 15 is 0 Å². The number of carbonyl (C=O) groups excluding carboxylic acids is 1. The summed E-state index contributed by atoms with van der Waals surface area (Å²) in [5, 5.41) is 33.2. The number of aromatic nitrogens is 4. The molecule has 11 heteroatoms. The van der Waals surface area contributed by atoms with Crippen molar-refractivity contribution in [1.82, 2.24) is 24.8 Å². The van der Waals surface area contributed by atoms with E-state index in [0.717, 1.165) is 5.56 Å². The Kier molecular flexibility index (Phi) is 5.18. The molecule has 2 aromatic heterocycles. The number of nitrogen functional groups attached to an aromatic ring is 1. The summed E-state index contributed by atoms with van der Waals surface area (Å²) in [5.41, 5.74) is 7.00. The molecule has 0 saturated carbocycles. The number of imidazole rings is 1. The van der Waals surface area contributed by atoms with E-state index in [4.69, 9.17) is 10.5 Å². The van der Waals surface area contributed by atoms with E-state index < -0.39 is 36.7 Å². The molecule has 4 rings (SSSR count). The van der Waals surface area contributed by atoms with Crippen LogP contribution in [-0.2, 0) is 15.4 Å². The number of nitrogens with zero attached hydrogens (tertiary/aromatic N) is 4. The van der Waals surface area contributed by atoms with E-state index in [0.29, 0.717) is 0 Å². The molecule has 11 nitrogen and oxygen atoms in total. The van der Waals surface area contributed by atoms with Crippen LogP contribution in [0.5, 0.6) is 0 Å². The van der Waals surface area contributed by atoms with Crippen LogP contribution in [-0.4, -0.2) is 65.7 Å². The van der Waals surface area contributed by atoms with Crippen molar-refractivity contribution in [2.45, 2.75) is 24.2 Å². The number of rotatable bonds is 5. The maximum absolute atomic E-state index is 12.7. The van der Waals surface area contributed by atoms with Gasteiger partial charge in [-0.1, -0.05) is 30.3 Å². The lowest BCUT2D eigenvalue weighted by Crippen LogP contribution is -2.57. The predicted octanol–water partition coefficient (Wildman–Crippen LogP) is -1.04. The van der Waals surface area contributed by atoms with Gasteiger partial charge in [0, 0.05) is 6.08 Å². The smallest absolute Gasteiger partial charge is 0.258 e. The zero-order valence-electron chi connectivity index (χ0n) is 15.7. The minimum atomic E-state index is -1.99. The molecule has 6 N–H and O–H groups in total. The zero-order valence-corrected chi connectivity index (χ0v) is 15.7. The number of aliphatic hydroxyl groups excluding tert-OH is 3. The third kappa shape index (κ3) is 3.29. The molecule has 0 spiro atoms. The monoisotopic (exact) mass is 412 g/mol. The summed E-state index contributed by atoms with van der Waals surface area (Å²) in [4.78, 5) is 24.8. The Hall–Kier alpha value is -3.38. The van der Waals surface area contributed by atoms with Gasteiger partial charge in [0.25, 0.3) is 5.85 Å². The number of ether oxygens (including phenoxy) is 1. The first-order valence-electron chi connectivity index (χ1n) is 9.10. The minimum absolute atomic E-state index is 0.0935. The number of anilines is 1. The Balaban J connectivity index is 1.74. The summed E-state index contributed by atoms with van der Waals surface area (Å²) >= 11 is 0. The van der Waals surface area contributed by atoms with Crippen molar-refractivity contribution in [3.63, 3.8) is 0 Å². The summed E-state index contributed by atoms with van der Waals surface area (Å²) in [6.45, 7) is -0.584. The highest BCUT2D eigenvalue weighted by Gasteiger charge is 2.57. The number of fused-ring (bicyclic) bond motifs is 1. The van der Waals surface area contributed by atoms with Crippen LogP contribution >= 0.6 is 0 Å². The molecule has 1 fully saturated rings. The van der Waals surface area contributed by atoms with Crippen LogP contribution in [0.1, 0.15) is 5.56 Å². The molecule has 1 saturated heterocycles. The fourth-order valence-corrected chi connectivity index (χ4v) is 3.36. The summed E-state index contributed by atoms with van der Waals surface area (Å²) in [6.07, 6.45) is 1.01. The molecule has 3 heterocycles. The Morgan fingerprint density at radius 1 is 1.27 bits per heavy atom. The van der Waals surface area contributed by atoms with Gasteiger partial charge in [0.05, 0.1) is 6.61 Å². The molecule has 1 aromatic carbocycles. The number of hydrogen-bond acceptors (Lipinski definition) is 9. The maximum Gasteiger partial charge on any atom is 0.258 e. The van der Waals surface area contributed by atoms with Crippen LogP contribution in [0, 0.1) is 0 Å². The first-order chi connectivity index (χ1) is 14.5. The number of aliphatic hydroxyl groups is 3. The predicted molar refractivity (Wildman–Crippen MR) is 105 cm³/mol. The van der Waals surface area contributed by atoms with Crippen molar-refractivity contribution in [2.24, 2.45) is 0 Å². The number of nitrogens with two attached hydrogens (primary N) is 1. The maximum atomic E-state index is 12.7. The highest BCUT2D eigenvalue weighted by Crippen LogP contribution is 2.35. The van der Waals surface area contributed by atoms with Crippen LogP contribution in [0.2, 0.25) is 0 Å². The summed E-state index contributed by atoms with van der Waals surface area (Å²) < 4.78 is 6.99. The first-order valence-corrected chi connectivity index (χ1v) is 9.10. The molecule has 1 aliphatic heterocycles. The van der Waals surface area contributed by atoms with E-state index in [2.05, 4.69) is 20.3 Å². The Labute approximate surface area is 170 Å². The molecule has 3 aromatic rings. The number of carbonyl (C=O) groups is 1. The largest absolute Gasteiger partial charge is 0.394 e. The van der Waals surface area contributed by atoms with Crippen LogP contribution < -0.4 is 11.1 Å². The normalized spacial score (nSPS) is 26.4. The third-order valence-electron chi connectivity index (χ3n) is 4.86.